The third kappa shape index (κ3) is 1.61. The highest BCUT2D eigenvalue weighted by Crippen LogP contribution is 2.43. The first-order valence-corrected chi connectivity index (χ1v) is 9.54. The van der Waals surface area contributed by atoms with Crippen LogP contribution in [-0.2, 0) is 0 Å². The third-order valence-corrected chi connectivity index (χ3v) is 6.86. The van der Waals surface area contributed by atoms with Gasteiger partial charge in [-0.2, -0.15) is 0 Å². The second kappa shape index (κ2) is 4.53. The van der Waals surface area contributed by atoms with Crippen LogP contribution in [-0.4, -0.2) is 4.98 Å². The molecule has 0 fully saturated rings. The molecule has 0 radical (unpaired) electrons. The summed E-state index contributed by atoms with van der Waals surface area (Å²) in [4.78, 5) is 5.03. The smallest absolute Gasteiger partial charge is 0.0888 e. The van der Waals surface area contributed by atoms with Gasteiger partial charge in [0.1, 0.15) is 0 Å². The van der Waals surface area contributed by atoms with Crippen molar-refractivity contribution in [1.82, 2.24) is 4.98 Å². The Bertz CT molecular complexity index is 1410. The Hall–Kier alpha value is -2.49. The molecule has 0 aliphatic carbocycles. The normalized spacial score (nSPS) is 12.2. The van der Waals surface area contributed by atoms with Crippen LogP contribution in [0.4, 0.5) is 0 Å². The van der Waals surface area contributed by atoms with Gasteiger partial charge in [0, 0.05) is 35.6 Å². The van der Waals surface area contributed by atoms with Crippen LogP contribution in [0.25, 0.3) is 51.4 Å². The van der Waals surface area contributed by atoms with Gasteiger partial charge < -0.3 is 0 Å². The van der Waals surface area contributed by atoms with E-state index in [0.717, 1.165) is 11.0 Å². The van der Waals surface area contributed by atoms with Crippen molar-refractivity contribution in [3.05, 3.63) is 66.7 Å². The SMILES string of the molecule is c1ccc2nc3c(cc2c1)sc1cccc2sc4cccc3c4c12. The second-order valence-electron chi connectivity index (χ2n) is 6.04. The Labute approximate surface area is 145 Å². The first kappa shape index (κ1) is 12.9. The van der Waals surface area contributed by atoms with Crippen LogP contribution < -0.4 is 0 Å². The number of aromatic nitrogens is 1. The van der Waals surface area contributed by atoms with Gasteiger partial charge in [-0.3, -0.25) is 0 Å². The molecule has 3 heterocycles. The lowest BCUT2D eigenvalue weighted by Crippen LogP contribution is -1.80. The van der Waals surface area contributed by atoms with Crippen LogP contribution in [0.15, 0.2) is 66.7 Å². The third-order valence-electron chi connectivity index (χ3n) is 4.65. The molecule has 112 valence electrons. The zero-order chi connectivity index (χ0) is 15.7. The molecule has 0 bridgehead atoms. The Balaban J connectivity index is 2.04. The summed E-state index contributed by atoms with van der Waals surface area (Å²) in [6, 6.07) is 23.9. The first-order valence-electron chi connectivity index (χ1n) is 7.91. The largest absolute Gasteiger partial charge is 0.246 e. The summed E-state index contributed by atoms with van der Waals surface area (Å²) in [7, 11) is 0. The number of hydrogen-bond donors (Lipinski definition) is 0. The molecule has 0 amide bonds. The molecule has 0 atom stereocenters. The molecule has 3 heteroatoms. The minimum absolute atomic E-state index is 1.06. The van der Waals surface area contributed by atoms with E-state index in [4.69, 9.17) is 4.98 Å². The van der Waals surface area contributed by atoms with Gasteiger partial charge in [-0.05, 0) is 30.3 Å². The van der Waals surface area contributed by atoms with E-state index >= 15 is 0 Å². The van der Waals surface area contributed by atoms with Crippen LogP contribution in [0, 0.1) is 0 Å². The monoisotopic (exact) mass is 341 g/mol. The molecular formula is C21H11NS2. The van der Waals surface area contributed by atoms with Gasteiger partial charge in [0.15, 0.2) is 0 Å². The van der Waals surface area contributed by atoms with Crippen molar-refractivity contribution in [3.63, 3.8) is 0 Å². The highest BCUT2D eigenvalue weighted by Gasteiger charge is 2.13. The van der Waals surface area contributed by atoms with Gasteiger partial charge >= 0.3 is 0 Å². The summed E-state index contributed by atoms with van der Waals surface area (Å²) in [5.41, 5.74) is 2.17. The van der Waals surface area contributed by atoms with E-state index in [1.165, 1.54) is 40.3 Å². The zero-order valence-corrected chi connectivity index (χ0v) is 14.2. The summed E-state index contributed by atoms with van der Waals surface area (Å²) in [6.45, 7) is 0. The number of nitrogens with zero attached hydrogens (tertiary/aromatic N) is 1. The predicted molar refractivity (Wildman–Crippen MR) is 108 cm³/mol. The fourth-order valence-electron chi connectivity index (χ4n) is 3.60. The average molecular weight is 341 g/mol. The van der Waals surface area contributed by atoms with Crippen LogP contribution in [0.3, 0.4) is 0 Å². The van der Waals surface area contributed by atoms with Crippen LogP contribution in [0.1, 0.15) is 0 Å². The van der Waals surface area contributed by atoms with Crippen molar-refractivity contribution in [2.24, 2.45) is 0 Å². The van der Waals surface area contributed by atoms with E-state index in [9.17, 15) is 0 Å². The predicted octanol–water partition coefficient (Wildman–Crippen LogP) is 6.97. The summed E-state index contributed by atoms with van der Waals surface area (Å²) in [5.74, 6) is 0. The first-order chi connectivity index (χ1) is 11.9. The number of fused-ring (bicyclic) bond motifs is 3. The Morgan fingerprint density at radius 1 is 0.625 bits per heavy atom. The topological polar surface area (TPSA) is 12.9 Å². The maximum Gasteiger partial charge on any atom is 0.0888 e. The number of hydrogen-bond acceptors (Lipinski definition) is 3. The van der Waals surface area contributed by atoms with Crippen LogP contribution in [0.5, 0.6) is 0 Å². The molecule has 0 unspecified atom stereocenters. The number of pyridine rings is 1. The van der Waals surface area contributed by atoms with E-state index in [2.05, 4.69) is 66.7 Å². The van der Waals surface area contributed by atoms with Crippen molar-refractivity contribution in [2.45, 2.75) is 0 Å². The lowest BCUT2D eigenvalue weighted by Gasteiger charge is -2.01. The molecule has 0 aliphatic heterocycles. The molecule has 0 N–H and O–H groups in total. The number of rotatable bonds is 0. The van der Waals surface area contributed by atoms with Gasteiger partial charge in [0.2, 0.25) is 0 Å². The second-order valence-corrected chi connectivity index (χ2v) is 8.21. The van der Waals surface area contributed by atoms with Crippen molar-refractivity contribution < 1.29 is 0 Å². The molecule has 0 saturated carbocycles. The van der Waals surface area contributed by atoms with E-state index < -0.39 is 0 Å². The van der Waals surface area contributed by atoms with E-state index in [1.54, 1.807) is 0 Å². The van der Waals surface area contributed by atoms with Gasteiger partial charge in [-0.25, -0.2) is 4.98 Å². The minimum atomic E-state index is 1.06. The van der Waals surface area contributed by atoms with Gasteiger partial charge in [0.05, 0.1) is 15.7 Å². The number of thiophene rings is 1. The molecule has 1 nitrogen and oxygen atoms in total. The maximum absolute atomic E-state index is 5.03. The van der Waals surface area contributed by atoms with Gasteiger partial charge in [-0.1, -0.05) is 36.4 Å². The number of benzene rings is 3. The summed E-state index contributed by atoms with van der Waals surface area (Å²) < 4.78 is 5.29. The molecule has 0 spiro atoms. The fraction of sp³-hybridized carbons (Fsp3) is 0. The summed E-state index contributed by atoms with van der Waals surface area (Å²) in [6.07, 6.45) is 0. The van der Waals surface area contributed by atoms with Gasteiger partial charge in [-0.15, -0.1) is 22.7 Å². The molecular weight excluding hydrogens is 330 g/mol. The molecule has 24 heavy (non-hydrogen) atoms. The molecule has 3 aromatic carbocycles. The Morgan fingerprint density at radius 2 is 1.33 bits per heavy atom. The van der Waals surface area contributed by atoms with Crippen molar-refractivity contribution in [2.75, 3.05) is 0 Å². The molecule has 6 rings (SSSR count). The lowest BCUT2D eigenvalue weighted by atomic mass is 10.1. The summed E-state index contributed by atoms with van der Waals surface area (Å²) in [5, 5.41) is 5.21. The zero-order valence-electron chi connectivity index (χ0n) is 12.6. The van der Waals surface area contributed by atoms with E-state index in [-0.39, 0.29) is 0 Å². The summed E-state index contributed by atoms with van der Waals surface area (Å²) >= 11 is 3.72. The Morgan fingerprint density at radius 3 is 2.21 bits per heavy atom. The van der Waals surface area contributed by atoms with Crippen LogP contribution in [0.2, 0.25) is 0 Å². The van der Waals surface area contributed by atoms with Crippen LogP contribution >= 0.6 is 22.7 Å². The molecule has 0 saturated heterocycles. The molecule has 6 aromatic rings. The minimum Gasteiger partial charge on any atom is -0.246 e. The number of para-hydroxylation sites is 1. The average Bonchev–Trinajstić information content (AvgIpc) is 2.94. The highest BCUT2D eigenvalue weighted by molar-refractivity contribution is 7.29. The van der Waals surface area contributed by atoms with Crippen molar-refractivity contribution in [3.8, 4) is 0 Å². The Kier molecular flexibility index (Phi) is 2.43. The molecule has 0 aliphatic rings. The van der Waals surface area contributed by atoms with Crippen molar-refractivity contribution >= 4 is 74.1 Å². The molecule has 3 aromatic heterocycles. The van der Waals surface area contributed by atoms with Crippen molar-refractivity contribution in [1.29, 1.82) is 0 Å². The lowest BCUT2D eigenvalue weighted by molar-refractivity contribution is 1.53. The highest BCUT2D eigenvalue weighted by atomic mass is 32.1. The van der Waals surface area contributed by atoms with Gasteiger partial charge in [0.25, 0.3) is 0 Å². The van der Waals surface area contributed by atoms with E-state index in [0.29, 0.717) is 0 Å². The quantitative estimate of drug-likeness (QED) is 0.291. The van der Waals surface area contributed by atoms with E-state index in [1.807, 2.05) is 22.7 Å². The maximum atomic E-state index is 5.03. The standard InChI is InChI=1S/C21H11NS2/c1-2-7-14-12(5-1)11-18-21(22-14)13-6-3-8-15-19(13)20-16(23-15)9-4-10-17(20)24-18/h1-11H. The fourth-order valence-corrected chi connectivity index (χ4v) is 5.96.